The Labute approximate surface area is 104 Å². The van der Waals surface area contributed by atoms with Crippen LogP contribution in [0.5, 0.6) is 0 Å². The summed E-state index contributed by atoms with van der Waals surface area (Å²) in [5.74, 6) is 0. The van der Waals surface area contributed by atoms with E-state index in [1.54, 1.807) is 0 Å². The number of rotatable bonds is 3. The third kappa shape index (κ3) is 2.52. The zero-order chi connectivity index (χ0) is 13.2. The molecule has 0 saturated carbocycles. The quantitative estimate of drug-likeness (QED) is 0.873. The lowest BCUT2D eigenvalue weighted by molar-refractivity contribution is -0.137. The van der Waals surface area contributed by atoms with Gasteiger partial charge in [0, 0.05) is 18.6 Å². The van der Waals surface area contributed by atoms with Gasteiger partial charge >= 0.3 is 6.18 Å². The third-order valence-electron chi connectivity index (χ3n) is 3.66. The van der Waals surface area contributed by atoms with Crippen LogP contribution >= 0.6 is 0 Å². The Bertz CT molecular complexity index is 394. The summed E-state index contributed by atoms with van der Waals surface area (Å²) in [4.78, 5) is 0. The number of aliphatic hydroxyl groups excluding tert-OH is 1. The summed E-state index contributed by atoms with van der Waals surface area (Å²) in [5, 5.41) is 12.3. The number of alkyl halides is 3. The predicted octanol–water partition coefficient (Wildman–Crippen LogP) is 2.32. The molecule has 2 nitrogen and oxygen atoms in total. The van der Waals surface area contributed by atoms with Crippen molar-refractivity contribution in [1.82, 2.24) is 5.32 Å². The molecule has 1 aliphatic rings. The van der Waals surface area contributed by atoms with Gasteiger partial charge in [0.1, 0.15) is 0 Å². The fourth-order valence-electron chi connectivity index (χ4n) is 2.57. The number of hydrogen-bond donors (Lipinski definition) is 2. The lowest BCUT2D eigenvalue weighted by Gasteiger charge is -2.28. The minimum absolute atomic E-state index is 0.0443. The molecule has 100 valence electrons. The van der Waals surface area contributed by atoms with Crippen LogP contribution in [-0.2, 0) is 11.6 Å². The fraction of sp³-hybridized carbons (Fsp3) is 0.538. The molecule has 0 spiro atoms. The summed E-state index contributed by atoms with van der Waals surface area (Å²) in [6, 6.07) is 5.30. The van der Waals surface area contributed by atoms with Crippen LogP contribution in [0.15, 0.2) is 24.3 Å². The molecular weight excluding hydrogens is 243 g/mol. The number of aliphatic hydroxyl groups is 1. The van der Waals surface area contributed by atoms with Crippen LogP contribution in [0.25, 0.3) is 0 Å². The van der Waals surface area contributed by atoms with Crippen molar-refractivity contribution in [2.24, 2.45) is 0 Å². The van der Waals surface area contributed by atoms with Crippen LogP contribution in [0.2, 0.25) is 0 Å². The van der Waals surface area contributed by atoms with Crippen molar-refractivity contribution in [3.8, 4) is 0 Å². The molecule has 0 radical (unpaired) electrons. The zero-order valence-corrected chi connectivity index (χ0v) is 9.93. The lowest BCUT2D eigenvalue weighted by atomic mass is 9.77. The summed E-state index contributed by atoms with van der Waals surface area (Å²) in [7, 11) is 0. The number of halogens is 3. The van der Waals surface area contributed by atoms with E-state index < -0.39 is 11.7 Å². The Balaban J connectivity index is 2.27. The second-order valence-electron chi connectivity index (χ2n) is 4.76. The molecule has 1 fully saturated rings. The number of benzene rings is 1. The normalized spacial score (nSPS) is 24.4. The Morgan fingerprint density at radius 1 is 1.22 bits per heavy atom. The van der Waals surface area contributed by atoms with Crippen LogP contribution in [0.3, 0.4) is 0 Å². The molecule has 2 rings (SSSR count). The molecule has 1 aromatic carbocycles. The van der Waals surface area contributed by atoms with E-state index in [4.69, 9.17) is 5.11 Å². The van der Waals surface area contributed by atoms with Gasteiger partial charge in [-0.15, -0.1) is 0 Å². The molecule has 0 aliphatic carbocycles. The van der Waals surface area contributed by atoms with Crippen molar-refractivity contribution in [2.45, 2.75) is 24.4 Å². The summed E-state index contributed by atoms with van der Waals surface area (Å²) in [5.41, 5.74) is 0.0182. The van der Waals surface area contributed by atoms with Gasteiger partial charge in [0.2, 0.25) is 0 Å². The molecular formula is C13H16F3NO. The maximum atomic E-state index is 12.5. The van der Waals surface area contributed by atoms with E-state index in [-0.39, 0.29) is 12.0 Å². The highest BCUT2D eigenvalue weighted by molar-refractivity contribution is 5.32. The van der Waals surface area contributed by atoms with Crippen molar-refractivity contribution >= 4 is 0 Å². The van der Waals surface area contributed by atoms with Crippen molar-refractivity contribution < 1.29 is 18.3 Å². The first kappa shape index (κ1) is 13.4. The summed E-state index contributed by atoms with van der Waals surface area (Å²) in [6.07, 6.45) is -2.87. The topological polar surface area (TPSA) is 32.3 Å². The monoisotopic (exact) mass is 259 g/mol. The Morgan fingerprint density at radius 3 is 2.33 bits per heavy atom. The van der Waals surface area contributed by atoms with Gasteiger partial charge in [-0.2, -0.15) is 13.2 Å². The Morgan fingerprint density at radius 2 is 1.89 bits per heavy atom. The first-order valence-corrected chi connectivity index (χ1v) is 5.97. The molecule has 18 heavy (non-hydrogen) atoms. The molecule has 1 atom stereocenters. The van der Waals surface area contributed by atoms with E-state index in [2.05, 4.69) is 5.32 Å². The molecule has 1 aromatic rings. The second-order valence-corrected chi connectivity index (χ2v) is 4.76. The van der Waals surface area contributed by atoms with Crippen LogP contribution < -0.4 is 5.32 Å². The van der Waals surface area contributed by atoms with Gasteiger partial charge in [0.15, 0.2) is 0 Å². The Kier molecular flexibility index (Phi) is 3.64. The summed E-state index contributed by atoms with van der Waals surface area (Å²) >= 11 is 0. The number of nitrogens with one attached hydrogen (secondary N) is 1. The summed E-state index contributed by atoms with van der Waals surface area (Å²) in [6.45, 7) is 1.59. The van der Waals surface area contributed by atoms with Crippen LogP contribution in [-0.4, -0.2) is 24.8 Å². The molecule has 0 bridgehead atoms. The minimum Gasteiger partial charge on any atom is -0.396 e. The van der Waals surface area contributed by atoms with Crippen LogP contribution in [0.4, 0.5) is 13.2 Å². The third-order valence-corrected chi connectivity index (χ3v) is 3.66. The molecule has 5 heteroatoms. The van der Waals surface area contributed by atoms with Gasteiger partial charge in [-0.1, -0.05) is 12.1 Å². The van der Waals surface area contributed by atoms with Gasteiger partial charge in [-0.3, -0.25) is 0 Å². The van der Waals surface area contributed by atoms with E-state index in [0.717, 1.165) is 30.7 Å². The van der Waals surface area contributed by atoms with Crippen molar-refractivity contribution in [2.75, 3.05) is 19.7 Å². The molecule has 0 amide bonds. The average molecular weight is 259 g/mol. The maximum absolute atomic E-state index is 12.5. The van der Waals surface area contributed by atoms with Gasteiger partial charge in [-0.05, 0) is 37.1 Å². The highest BCUT2D eigenvalue weighted by Crippen LogP contribution is 2.36. The van der Waals surface area contributed by atoms with Gasteiger partial charge in [0.25, 0.3) is 0 Å². The Hall–Kier alpha value is -1.07. The average Bonchev–Trinajstić information content (AvgIpc) is 2.78. The minimum atomic E-state index is -4.30. The van der Waals surface area contributed by atoms with Gasteiger partial charge < -0.3 is 10.4 Å². The SMILES string of the molecule is OCCC1(c2ccc(C(F)(F)F)cc2)CCNC1. The molecule has 0 aromatic heterocycles. The number of hydrogen-bond acceptors (Lipinski definition) is 2. The van der Waals surface area contributed by atoms with Crippen LogP contribution in [0.1, 0.15) is 24.0 Å². The molecule has 2 N–H and O–H groups in total. The van der Waals surface area contributed by atoms with Crippen molar-refractivity contribution in [3.63, 3.8) is 0 Å². The van der Waals surface area contributed by atoms with Crippen molar-refractivity contribution in [1.29, 1.82) is 0 Å². The van der Waals surface area contributed by atoms with Crippen LogP contribution in [0, 0.1) is 0 Å². The smallest absolute Gasteiger partial charge is 0.396 e. The second kappa shape index (κ2) is 4.90. The van der Waals surface area contributed by atoms with E-state index in [1.807, 2.05) is 0 Å². The van der Waals surface area contributed by atoms with Gasteiger partial charge in [-0.25, -0.2) is 0 Å². The highest BCUT2D eigenvalue weighted by atomic mass is 19.4. The fourth-order valence-corrected chi connectivity index (χ4v) is 2.57. The molecule has 1 saturated heterocycles. The first-order valence-electron chi connectivity index (χ1n) is 5.97. The highest BCUT2D eigenvalue weighted by Gasteiger charge is 2.36. The molecule has 1 aliphatic heterocycles. The zero-order valence-electron chi connectivity index (χ0n) is 9.93. The van der Waals surface area contributed by atoms with Gasteiger partial charge in [0.05, 0.1) is 5.56 Å². The van der Waals surface area contributed by atoms with E-state index in [9.17, 15) is 13.2 Å². The summed E-state index contributed by atoms with van der Waals surface area (Å²) < 4.78 is 37.5. The first-order chi connectivity index (χ1) is 8.48. The molecule has 1 heterocycles. The van der Waals surface area contributed by atoms with Crippen molar-refractivity contribution in [3.05, 3.63) is 35.4 Å². The van der Waals surface area contributed by atoms with E-state index in [1.165, 1.54) is 12.1 Å². The molecule has 1 unspecified atom stereocenters. The standard InChI is InChI=1S/C13H16F3NO/c14-13(15,16)11-3-1-10(2-4-11)12(6-8-18)5-7-17-9-12/h1-4,17-18H,5-9H2. The largest absolute Gasteiger partial charge is 0.416 e. The van der Waals surface area contributed by atoms with E-state index >= 15 is 0 Å². The lowest BCUT2D eigenvalue weighted by Crippen LogP contribution is -2.30. The predicted molar refractivity (Wildman–Crippen MR) is 62.3 cm³/mol. The maximum Gasteiger partial charge on any atom is 0.416 e. The van der Waals surface area contributed by atoms with E-state index in [0.29, 0.717) is 13.0 Å².